The minimum atomic E-state index is -3.38. The second-order valence-electron chi connectivity index (χ2n) is 11.5. The van der Waals surface area contributed by atoms with E-state index in [1.807, 2.05) is 32.2 Å². The molecular weight excluding hydrogens is 588 g/mol. The molecule has 234 valence electrons. The lowest BCUT2D eigenvalue weighted by molar-refractivity contribution is 0.0696. The summed E-state index contributed by atoms with van der Waals surface area (Å²) < 4.78 is 25.3. The van der Waals surface area contributed by atoms with Crippen molar-refractivity contribution in [1.29, 1.82) is 0 Å². The van der Waals surface area contributed by atoms with Crippen molar-refractivity contribution in [3.05, 3.63) is 95.2 Å². The van der Waals surface area contributed by atoms with Crippen LogP contribution in [0.25, 0.3) is 33.1 Å². The van der Waals surface area contributed by atoms with E-state index in [-0.39, 0.29) is 22.6 Å². The normalized spacial score (nSPS) is 14.2. The van der Waals surface area contributed by atoms with Crippen LogP contribution in [0.3, 0.4) is 0 Å². The standard InChI is InChI=1S/C28H32N4O3S.C7H6O2/c1-5-36(34,35)21-8-6-7-19(14-21)23-15-22(28(33)30-20-9-11-32(4)12-10-20)18(3)26-25(23)24-13-17(2)16-29-27(24)31-26;8-7(9)6-4-2-1-3-5-6/h6-8,13-16,20H,5,9-12H2,1-4H3,(H,29,31)(H,30,33);1-5H,(H,8,9). The van der Waals surface area contributed by atoms with Crippen molar-refractivity contribution in [3.63, 3.8) is 0 Å². The van der Waals surface area contributed by atoms with Gasteiger partial charge in [-0.05, 0) is 105 Å². The summed E-state index contributed by atoms with van der Waals surface area (Å²) in [6, 6.07) is 19.4. The van der Waals surface area contributed by atoms with Gasteiger partial charge in [0.15, 0.2) is 9.84 Å². The van der Waals surface area contributed by atoms with Gasteiger partial charge < -0.3 is 20.3 Å². The summed E-state index contributed by atoms with van der Waals surface area (Å²) in [4.78, 5) is 34.3. The van der Waals surface area contributed by atoms with Gasteiger partial charge in [-0.15, -0.1) is 0 Å². The number of aryl methyl sites for hydroxylation is 2. The molecule has 1 saturated heterocycles. The maximum Gasteiger partial charge on any atom is 0.335 e. The lowest BCUT2D eigenvalue weighted by Crippen LogP contribution is -2.43. The van der Waals surface area contributed by atoms with Gasteiger partial charge in [0.25, 0.3) is 5.91 Å². The Hall–Kier alpha value is -4.54. The first-order valence-electron chi connectivity index (χ1n) is 15.0. The number of hydrogen-bond donors (Lipinski definition) is 3. The average Bonchev–Trinajstić information content (AvgIpc) is 3.42. The summed E-state index contributed by atoms with van der Waals surface area (Å²) in [6.45, 7) is 7.51. The van der Waals surface area contributed by atoms with Crippen LogP contribution in [0.4, 0.5) is 0 Å². The highest BCUT2D eigenvalue weighted by Crippen LogP contribution is 2.38. The van der Waals surface area contributed by atoms with E-state index in [2.05, 4.69) is 33.3 Å². The van der Waals surface area contributed by atoms with Crippen molar-refractivity contribution in [2.24, 2.45) is 0 Å². The van der Waals surface area contributed by atoms with Gasteiger partial charge in [-0.25, -0.2) is 18.2 Å². The molecule has 0 bridgehead atoms. The zero-order valence-corrected chi connectivity index (χ0v) is 26.7. The van der Waals surface area contributed by atoms with E-state index in [9.17, 15) is 18.0 Å². The number of nitrogens with zero attached hydrogens (tertiary/aromatic N) is 2. The molecule has 0 radical (unpaired) electrons. The number of likely N-dealkylation sites (tertiary alicyclic amines) is 1. The van der Waals surface area contributed by atoms with Crippen LogP contribution >= 0.6 is 0 Å². The highest BCUT2D eigenvalue weighted by atomic mass is 32.2. The van der Waals surface area contributed by atoms with Crippen molar-refractivity contribution >= 4 is 43.7 Å². The Labute approximate surface area is 263 Å². The lowest BCUT2D eigenvalue weighted by atomic mass is 9.93. The van der Waals surface area contributed by atoms with Crippen LogP contribution in [0.5, 0.6) is 0 Å². The highest BCUT2D eigenvalue weighted by Gasteiger charge is 2.24. The van der Waals surface area contributed by atoms with Gasteiger partial charge in [-0.3, -0.25) is 4.79 Å². The number of fused-ring (bicyclic) bond motifs is 3. The minimum absolute atomic E-state index is 0.0280. The number of hydrogen-bond acceptors (Lipinski definition) is 6. The number of carbonyl (C=O) groups is 2. The lowest BCUT2D eigenvalue weighted by Gasteiger charge is -2.29. The molecule has 10 heteroatoms. The predicted octanol–water partition coefficient (Wildman–Crippen LogP) is 6.00. The Balaban J connectivity index is 0.000000383. The van der Waals surface area contributed by atoms with Gasteiger partial charge in [-0.2, -0.15) is 0 Å². The van der Waals surface area contributed by atoms with Gasteiger partial charge in [0.2, 0.25) is 0 Å². The zero-order chi connectivity index (χ0) is 32.3. The smallest absolute Gasteiger partial charge is 0.335 e. The number of carbonyl (C=O) groups excluding carboxylic acids is 1. The molecule has 3 N–H and O–H groups in total. The molecular formula is C35H38N4O5S. The van der Waals surface area contributed by atoms with Gasteiger partial charge in [0.1, 0.15) is 5.65 Å². The number of nitrogens with one attached hydrogen (secondary N) is 2. The number of pyridine rings is 1. The Kier molecular flexibility index (Phi) is 9.36. The van der Waals surface area contributed by atoms with E-state index in [1.54, 1.807) is 55.5 Å². The van der Waals surface area contributed by atoms with Gasteiger partial charge in [0.05, 0.1) is 21.7 Å². The molecule has 1 amide bonds. The first-order valence-corrected chi connectivity index (χ1v) is 16.7. The number of rotatable bonds is 6. The number of sulfone groups is 1. The van der Waals surface area contributed by atoms with E-state index >= 15 is 0 Å². The van der Waals surface area contributed by atoms with E-state index in [0.29, 0.717) is 11.1 Å². The highest BCUT2D eigenvalue weighted by molar-refractivity contribution is 7.91. The fourth-order valence-corrected chi connectivity index (χ4v) is 6.61. The molecule has 9 nitrogen and oxygen atoms in total. The molecule has 0 unspecified atom stereocenters. The monoisotopic (exact) mass is 626 g/mol. The average molecular weight is 627 g/mol. The van der Waals surface area contributed by atoms with Crippen LogP contribution in [0.2, 0.25) is 0 Å². The van der Waals surface area contributed by atoms with E-state index in [1.165, 1.54) is 0 Å². The third-order valence-electron chi connectivity index (χ3n) is 8.33. The van der Waals surface area contributed by atoms with Crippen molar-refractivity contribution < 1.29 is 23.1 Å². The molecule has 6 rings (SSSR count). The summed E-state index contributed by atoms with van der Waals surface area (Å²) in [5.74, 6) is -0.957. The summed E-state index contributed by atoms with van der Waals surface area (Å²) >= 11 is 0. The molecule has 5 aromatic rings. The van der Waals surface area contributed by atoms with Crippen LogP contribution in [-0.2, 0) is 9.84 Å². The van der Waals surface area contributed by atoms with Crippen LogP contribution in [-0.4, -0.2) is 72.2 Å². The second kappa shape index (κ2) is 13.2. The van der Waals surface area contributed by atoms with E-state index < -0.39 is 15.8 Å². The molecule has 45 heavy (non-hydrogen) atoms. The third kappa shape index (κ3) is 6.92. The Morgan fingerprint density at radius 1 is 1.02 bits per heavy atom. The summed E-state index contributed by atoms with van der Waals surface area (Å²) in [5, 5.41) is 13.5. The van der Waals surface area contributed by atoms with Crippen LogP contribution in [0, 0.1) is 13.8 Å². The van der Waals surface area contributed by atoms with Gasteiger partial charge in [0, 0.05) is 28.6 Å². The summed E-state index contributed by atoms with van der Waals surface area (Å²) in [7, 11) is -1.28. The third-order valence-corrected chi connectivity index (χ3v) is 10.1. The number of carboxylic acids is 1. The first kappa shape index (κ1) is 31.9. The molecule has 2 aromatic heterocycles. The van der Waals surface area contributed by atoms with Crippen LogP contribution in [0.15, 0.2) is 77.8 Å². The number of aromatic amines is 1. The molecule has 3 aromatic carbocycles. The molecule has 3 heterocycles. The maximum atomic E-state index is 13.5. The molecule has 1 fully saturated rings. The number of aromatic nitrogens is 2. The van der Waals surface area contributed by atoms with Crippen LogP contribution in [0.1, 0.15) is 51.6 Å². The number of carboxylic acid groups (broad SMARTS) is 1. The quantitative estimate of drug-likeness (QED) is 0.211. The van der Waals surface area contributed by atoms with Crippen molar-refractivity contribution in [3.8, 4) is 11.1 Å². The van der Waals surface area contributed by atoms with Crippen molar-refractivity contribution in [2.45, 2.75) is 44.6 Å². The number of H-pyrrole nitrogens is 1. The number of benzene rings is 3. The molecule has 0 spiro atoms. The first-order chi connectivity index (χ1) is 21.5. The molecule has 0 aliphatic carbocycles. The fraction of sp³-hybridized carbons (Fsp3) is 0.286. The summed E-state index contributed by atoms with van der Waals surface area (Å²) in [5.41, 5.74) is 5.95. The Bertz CT molecular complexity index is 1980. The number of piperidine rings is 1. The molecule has 1 aliphatic heterocycles. The van der Waals surface area contributed by atoms with Gasteiger partial charge in [-0.1, -0.05) is 37.3 Å². The van der Waals surface area contributed by atoms with E-state index in [0.717, 1.165) is 70.1 Å². The number of amides is 1. The van der Waals surface area contributed by atoms with Gasteiger partial charge >= 0.3 is 5.97 Å². The SMILES string of the molecule is CCS(=O)(=O)c1cccc(-c2cc(C(=O)NC3CCN(C)CC3)c(C)c3[nH]c4ncc(C)cc4c23)c1.O=C(O)c1ccccc1. The predicted molar refractivity (Wildman–Crippen MR) is 178 cm³/mol. The largest absolute Gasteiger partial charge is 0.478 e. The maximum absolute atomic E-state index is 13.5. The Morgan fingerprint density at radius 2 is 1.73 bits per heavy atom. The molecule has 0 atom stereocenters. The topological polar surface area (TPSA) is 132 Å². The van der Waals surface area contributed by atoms with Crippen LogP contribution < -0.4 is 5.32 Å². The molecule has 1 aliphatic rings. The van der Waals surface area contributed by atoms with E-state index in [4.69, 9.17) is 5.11 Å². The fourth-order valence-electron chi connectivity index (χ4n) is 5.68. The zero-order valence-electron chi connectivity index (χ0n) is 25.9. The second-order valence-corrected chi connectivity index (χ2v) is 13.8. The minimum Gasteiger partial charge on any atom is -0.478 e. The van der Waals surface area contributed by atoms with Crippen molar-refractivity contribution in [1.82, 2.24) is 20.2 Å². The molecule has 0 saturated carbocycles. The Morgan fingerprint density at radius 3 is 2.38 bits per heavy atom. The van der Waals surface area contributed by atoms with Crippen molar-refractivity contribution in [2.75, 3.05) is 25.9 Å². The summed E-state index contributed by atoms with van der Waals surface area (Å²) in [6.07, 6.45) is 3.65. The number of aromatic carboxylic acids is 1.